The highest BCUT2D eigenvalue weighted by Gasteiger charge is 2.61. The normalized spacial score (nSPS) is 52.3. The molecule has 9 aliphatic heterocycles. The van der Waals surface area contributed by atoms with Gasteiger partial charge in [0.05, 0.1) is 58.0 Å². The van der Waals surface area contributed by atoms with Crippen LogP contribution in [0.1, 0.15) is 34.6 Å². The van der Waals surface area contributed by atoms with Gasteiger partial charge in [-0.3, -0.25) is 9.59 Å². The Bertz CT molecular complexity index is 2660. The molecule has 0 saturated carbocycles. The van der Waals surface area contributed by atoms with Crippen LogP contribution in [0.25, 0.3) is 0 Å². The van der Waals surface area contributed by atoms with Crippen molar-refractivity contribution in [3.05, 3.63) is 0 Å². The highest BCUT2D eigenvalue weighted by molar-refractivity contribution is 5.73. The molecule has 9 fully saturated rings. The minimum absolute atomic E-state index is 0.937. The third-order valence-electron chi connectivity index (χ3n) is 19.4. The first-order chi connectivity index (χ1) is 48.6. The number of nitrogens with one attached hydrogen (secondary N) is 2. The lowest BCUT2D eigenvalue weighted by Gasteiger charge is -2.52. The van der Waals surface area contributed by atoms with Gasteiger partial charge >= 0.3 is 0 Å². The summed E-state index contributed by atoms with van der Waals surface area (Å²) in [6.07, 6.45) is -85.9. The number of carbonyl (C=O) groups excluding carboxylic acids is 2. The third kappa shape index (κ3) is 18.0. The molecule has 2 amide bonds. The van der Waals surface area contributed by atoms with E-state index in [4.69, 9.17) is 80.5 Å². The molecule has 0 spiro atoms. The van der Waals surface area contributed by atoms with Gasteiger partial charge in [0, 0.05) is 13.8 Å². The number of aliphatic hydroxyl groups is 24. The standard InChI is InChI=1S/C58H98N2O43/c1-12-25(68)31(74)38(81)53(88-12)100-46-23(59-15(4)66)51(94-20(9-64)45(46)99-58-49(35(78)29(72)18(7-62)93-58)103-55-40(83)33(76)27(70)14(3)90-55)87-11-22-30(73)48(42(85)57(96-22)97-43-19(8-63)91-50(86)37(80)36(43)79)102-52-24(60-16(5)67)47(101-54-39(82)32(75)26(69)13(2)89-54)44(21(10-65)95-52)98-56-41(84)34(77)28(71)17(6-61)92-56/h12-14,17-58,61-65,68-86H,6-11H2,1-5H3,(H,59,66)(H,60,67)/t12-,13-,14-,17+,18+,19+,20+,21+,22+,23+,24+,25+,26+,27+,28-,29-,30-,31+,32+,33+,34-,35-,36+,37+,38-,39-,40-,41+,42+,43+,44+,45+,46+,47+,48-,49+,50?,51+,52-,53-,54-,55-,56-,57-,58-/m0/s1. The van der Waals surface area contributed by atoms with Gasteiger partial charge < -0.3 is 214 Å². The van der Waals surface area contributed by atoms with Crippen LogP contribution in [0.5, 0.6) is 0 Å². The fraction of sp³-hybridized carbons (Fsp3) is 0.966. The predicted octanol–water partition coefficient (Wildman–Crippen LogP) is -17.3. The van der Waals surface area contributed by atoms with E-state index in [0.717, 1.165) is 13.8 Å². The maximum absolute atomic E-state index is 13.5. The van der Waals surface area contributed by atoms with Crippen LogP contribution in [0, 0.1) is 0 Å². The van der Waals surface area contributed by atoms with Gasteiger partial charge in [0.15, 0.2) is 56.6 Å². The topological polar surface area (TPSA) is 701 Å². The summed E-state index contributed by atoms with van der Waals surface area (Å²) in [6.45, 7) is -0.952. The molecule has 45 heteroatoms. The average molecular weight is 1510 g/mol. The number of amides is 2. The largest absolute Gasteiger partial charge is 0.394 e. The van der Waals surface area contributed by atoms with E-state index < -0.39 is 328 Å². The molecule has 0 aliphatic carbocycles. The van der Waals surface area contributed by atoms with E-state index in [0.29, 0.717) is 0 Å². The first kappa shape index (κ1) is 84.3. The molecule has 1 unspecified atom stereocenters. The van der Waals surface area contributed by atoms with Gasteiger partial charge in [0.1, 0.15) is 201 Å². The van der Waals surface area contributed by atoms with Gasteiger partial charge in [0.25, 0.3) is 0 Å². The number of hydrogen-bond donors (Lipinski definition) is 26. The van der Waals surface area contributed by atoms with Crippen LogP contribution < -0.4 is 10.6 Å². The Balaban J connectivity index is 1.08. The Morgan fingerprint density at radius 3 is 1.03 bits per heavy atom. The van der Waals surface area contributed by atoms with Crippen molar-refractivity contribution in [3.8, 4) is 0 Å². The second-order valence-electron chi connectivity index (χ2n) is 26.6. The Morgan fingerprint density at radius 1 is 0.272 bits per heavy atom. The minimum Gasteiger partial charge on any atom is -0.394 e. The maximum Gasteiger partial charge on any atom is 0.217 e. The zero-order chi connectivity index (χ0) is 75.8. The summed E-state index contributed by atoms with van der Waals surface area (Å²) in [4.78, 5) is 26.9. The van der Waals surface area contributed by atoms with Crippen molar-refractivity contribution in [3.63, 3.8) is 0 Å². The van der Waals surface area contributed by atoms with E-state index in [2.05, 4.69) is 10.6 Å². The van der Waals surface area contributed by atoms with E-state index >= 15 is 0 Å². The molecule has 9 aliphatic rings. The lowest BCUT2D eigenvalue weighted by atomic mass is 9.93. The molecule has 9 heterocycles. The second kappa shape index (κ2) is 36.0. The van der Waals surface area contributed by atoms with E-state index in [-0.39, 0.29) is 0 Å². The smallest absolute Gasteiger partial charge is 0.217 e. The number of aliphatic hydroxyl groups excluding tert-OH is 24. The minimum atomic E-state index is -2.46. The maximum atomic E-state index is 13.5. The van der Waals surface area contributed by atoms with Crippen LogP contribution in [0.3, 0.4) is 0 Å². The second-order valence-corrected chi connectivity index (χ2v) is 26.6. The number of ether oxygens (including phenoxy) is 17. The van der Waals surface area contributed by atoms with Crippen molar-refractivity contribution in [1.29, 1.82) is 0 Å². The summed E-state index contributed by atoms with van der Waals surface area (Å²) in [5.74, 6) is -1.95. The van der Waals surface area contributed by atoms with Crippen LogP contribution in [0.4, 0.5) is 0 Å². The van der Waals surface area contributed by atoms with Crippen LogP contribution >= 0.6 is 0 Å². The van der Waals surface area contributed by atoms with Gasteiger partial charge in [-0.25, -0.2) is 0 Å². The number of rotatable bonds is 24. The molecular formula is C58H98N2O43. The molecule has 598 valence electrons. The van der Waals surface area contributed by atoms with Gasteiger partial charge in [-0.2, -0.15) is 0 Å². The fourth-order valence-corrected chi connectivity index (χ4v) is 13.5. The lowest BCUT2D eigenvalue weighted by Crippen LogP contribution is -2.71. The van der Waals surface area contributed by atoms with Crippen molar-refractivity contribution in [2.45, 2.75) is 311 Å². The number of hydrogen-bond acceptors (Lipinski definition) is 43. The van der Waals surface area contributed by atoms with E-state index in [9.17, 15) is 132 Å². The Labute approximate surface area is 584 Å². The van der Waals surface area contributed by atoms with Crippen molar-refractivity contribution in [1.82, 2.24) is 10.6 Å². The van der Waals surface area contributed by atoms with Crippen molar-refractivity contribution in [2.24, 2.45) is 0 Å². The Kier molecular flexibility index (Phi) is 29.5. The van der Waals surface area contributed by atoms with Crippen molar-refractivity contribution in [2.75, 3.05) is 39.6 Å². The van der Waals surface area contributed by atoms with Crippen LogP contribution in [-0.4, -0.2) is 450 Å². The van der Waals surface area contributed by atoms with Crippen LogP contribution in [-0.2, 0) is 90.1 Å². The lowest BCUT2D eigenvalue weighted by molar-refractivity contribution is -0.398. The van der Waals surface area contributed by atoms with E-state index in [1.54, 1.807) is 0 Å². The molecule has 0 aromatic rings. The molecule has 0 aromatic carbocycles. The summed E-state index contributed by atoms with van der Waals surface area (Å²) >= 11 is 0. The van der Waals surface area contributed by atoms with Gasteiger partial charge in [-0.05, 0) is 20.8 Å². The monoisotopic (exact) mass is 1510 g/mol. The molecule has 9 saturated heterocycles. The number of carbonyl (C=O) groups is 2. The molecule has 0 aromatic heterocycles. The Hall–Kier alpha value is -2.70. The van der Waals surface area contributed by atoms with Gasteiger partial charge in [-0.1, -0.05) is 0 Å². The highest BCUT2D eigenvalue weighted by Crippen LogP contribution is 2.40. The predicted molar refractivity (Wildman–Crippen MR) is 316 cm³/mol. The molecule has 0 radical (unpaired) electrons. The summed E-state index contributed by atoms with van der Waals surface area (Å²) in [5.41, 5.74) is 0. The van der Waals surface area contributed by atoms with E-state index in [1.165, 1.54) is 20.8 Å². The molecule has 103 heavy (non-hydrogen) atoms. The summed E-state index contributed by atoms with van der Waals surface area (Å²) in [7, 11) is 0. The molecule has 45 nitrogen and oxygen atoms in total. The van der Waals surface area contributed by atoms with Crippen LogP contribution in [0.15, 0.2) is 0 Å². The summed E-state index contributed by atoms with van der Waals surface area (Å²) in [5, 5.41) is 269. The third-order valence-corrected chi connectivity index (χ3v) is 19.4. The molecule has 0 bridgehead atoms. The first-order valence-corrected chi connectivity index (χ1v) is 33.2. The fourth-order valence-electron chi connectivity index (χ4n) is 13.5. The van der Waals surface area contributed by atoms with E-state index in [1.807, 2.05) is 0 Å². The highest BCUT2D eigenvalue weighted by atomic mass is 16.8. The van der Waals surface area contributed by atoms with Crippen molar-refractivity contribution >= 4 is 11.8 Å². The molecule has 9 rings (SSSR count). The summed E-state index contributed by atoms with van der Waals surface area (Å²) < 4.78 is 102. The zero-order valence-electron chi connectivity index (χ0n) is 55.7. The zero-order valence-corrected chi connectivity index (χ0v) is 55.7. The van der Waals surface area contributed by atoms with Gasteiger partial charge in [-0.15, -0.1) is 0 Å². The molecule has 45 atom stereocenters. The molecule has 26 N–H and O–H groups in total. The molecular weight excluding hydrogens is 1410 g/mol. The van der Waals surface area contributed by atoms with Gasteiger partial charge in [0.2, 0.25) is 11.8 Å². The summed E-state index contributed by atoms with van der Waals surface area (Å²) in [6, 6.07) is -3.94. The average Bonchev–Trinajstić information content (AvgIpc) is 0.765. The van der Waals surface area contributed by atoms with Crippen molar-refractivity contribution < 1.29 is 213 Å². The quantitative estimate of drug-likeness (QED) is 0.0427. The Morgan fingerprint density at radius 2 is 0.583 bits per heavy atom. The first-order valence-electron chi connectivity index (χ1n) is 33.2. The SMILES string of the molecule is CC(=O)N[C@H]1[C@H](O[C@H]2[C@@H](O)[C@@H](CO[C@@H]3O[C@H](CO)[C@@H](O[C@@H]4O[C@H](CO)[C@H](O)[C@H](O)[C@H]4O[C@@H]4O[C@@H](C)[C@@H](O)[C@@H](O)[C@@H]4O)[C@H](O[C@@H]4O[C@@H](C)[C@@H](O)[C@@H](O)[C@@H]4O)[C@H]3NC(C)=O)O[C@@H](O[C@H]3[C@H](O)[C@@H](O)C(O)O[C@@H]3CO)[C@@H]2O)O[C@H](CO)[C@@H](O[C@@H]2O[C@H](CO)[C@H](O)[C@H](O)[C@H]2O)[C@@H]1O[C@@H]1O[C@@H](C)[C@@H](O)[C@@H](O)[C@@H]1O. The van der Waals surface area contributed by atoms with Crippen LogP contribution in [0.2, 0.25) is 0 Å².